The first-order valence-electron chi connectivity index (χ1n) is 12.2. The summed E-state index contributed by atoms with van der Waals surface area (Å²) in [6, 6.07) is 8.08. The third-order valence-corrected chi connectivity index (χ3v) is 10.0. The van der Waals surface area contributed by atoms with E-state index in [2.05, 4.69) is 10.2 Å². The van der Waals surface area contributed by atoms with Crippen LogP contribution in [0.15, 0.2) is 35.2 Å². The number of rotatable bonds is 8. The van der Waals surface area contributed by atoms with Gasteiger partial charge >= 0.3 is 0 Å². The first-order valence-corrected chi connectivity index (χ1v) is 15.0. The van der Waals surface area contributed by atoms with Crippen molar-refractivity contribution in [3.8, 4) is 0 Å². The number of hydrogen-bond acceptors (Lipinski definition) is 7. The van der Waals surface area contributed by atoms with Crippen LogP contribution in [-0.4, -0.2) is 88.0 Å². The van der Waals surface area contributed by atoms with E-state index in [0.717, 1.165) is 17.8 Å². The fourth-order valence-electron chi connectivity index (χ4n) is 4.73. The maximum Gasteiger partial charge on any atom is 0.261 e. The van der Waals surface area contributed by atoms with Crippen molar-refractivity contribution >= 4 is 56.2 Å². The summed E-state index contributed by atoms with van der Waals surface area (Å²) in [5.74, 6) is -2.16. The Morgan fingerprint density at radius 2 is 1.84 bits per heavy atom. The lowest BCUT2D eigenvalue weighted by Gasteiger charge is -2.34. The van der Waals surface area contributed by atoms with Gasteiger partial charge in [-0.3, -0.25) is 14.4 Å². The Hall–Kier alpha value is -2.47. The van der Waals surface area contributed by atoms with Crippen molar-refractivity contribution in [3.05, 3.63) is 45.1 Å². The van der Waals surface area contributed by atoms with E-state index in [1.165, 1.54) is 6.07 Å². The molecular formula is C25H31ClN4O5S2. The van der Waals surface area contributed by atoms with Gasteiger partial charge in [0.25, 0.3) is 5.91 Å². The number of thiophene rings is 1. The maximum atomic E-state index is 13.7. The lowest BCUT2D eigenvalue weighted by molar-refractivity contribution is -0.136. The number of carbonyl (C=O) groups excluding carboxylic acids is 3. The lowest BCUT2D eigenvalue weighted by atomic mass is 10.1. The molecule has 200 valence electrons. The Morgan fingerprint density at radius 3 is 2.46 bits per heavy atom. The van der Waals surface area contributed by atoms with Crippen molar-refractivity contribution in [2.24, 2.45) is 5.92 Å². The second kappa shape index (κ2) is 11.5. The summed E-state index contributed by atoms with van der Waals surface area (Å²) in [4.78, 5) is 44.3. The van der Waals surface area contributed by atoms with E-state index in [1.54, 1.807) is 41.0 Å². The minimum atomic E-state index is -3.93. The highest BCUT2D eigenvalue weighted by Crippen LogP contribution is 2.31. The minimum absolute atomic E-state index is 0.0304. The van der Waals surface area contributed by atoms with E-state index in [9.17, 15) is 22.8 Å². The van der Waals surface area contributed by atoms with Crippen molar-refractivity contribution in [1.29, 1.82) is 0 Å². The number of nitrogens with zero attached hydrogens (tertiary/aromatic N) is 3. The van der Waals surface area contributed by atoms with E-state index >= 15 is 0 Å². The third kappa shape index (κ3) is 6.34. The molecule has 0 radical (unpaired) electrons. The van der Waals surface area contributed by atoms with Gasteiger partial charge in [0, 0.05) is 51.4 Å². The van der Waals surface area contributed by atoms with E-state index < -0.39 is 27.4 Å². The maximum absolute atomic E-state index is 13.7. The first kappa shape index (κ1) is 27.6. The Bertz CT molecular complexity index is 1290. The van der Waals surface area contributed by atoms with Crippen LogP contribution >= 0.6 is 22.9 Å². The number of anilines is 1. The van der Waals surface area contributed by atoms with Crippen molar-refractivity contribution in [2.75, 3.05) is 57.0 Å². The smallest absolute Gasteiger partial charge is 0.261 e. The minimum Gasteiger partial charge on any atom is -0.351 e. The largest absolute Gasteiger partial charge is 0.351 e. The number of nitrogens with one attached hydrogen (secondary N) is 1. The van der Waals surface area contributed by atoms with E-state index in [1.807, 2.05) is 7.05 Å². The van der Waals surface area contributed by atoms with Crippen LogP contribution in [0.5, 0.6) is 0 Å². The predicted molar refractivity (Wildman–Crippen MR) is 144 cm³/mol. The van der Waals surface area contributed by atoms with Crippen molar-refractivity contribution in [2.45, 2.75) is 24.7 Å². The molecule has 0 saturated carbocycles. The fourth-order valence-corrected chi connectivity index (χ4v) is 7.52. The summed E-state index contributed by atoms with van der Waals surface area (Å²) < 4.78 is 27.8. The molecule has 2 fully saturated rings. The molecule has 0 aliphatic carbocycles. The van der Waals surface area contributed by atoms with Gasteiger partial charge < -0.3 is 20.0 Å². The standard InChI is InChI=1S/C25H31ClN4O5S2/c1-17-19(30-10-4-7-23(30)31)5-3-6-21(17)37(34,35)16-18(25(33)29-13-11-28(2)12-14-29)15-27-24(32)20-8-9-22(26)36-20/h3,5-6,8-9,18H,4,7,10-16H2,1-2H3,(H,27,32)/t18-/m1/s1. The second-order valence-electron chi connectivity index (χ2n) is 9.47. The van der Waals surface area contributed by atoms with Crippen LogP contribution in [0.4, 0.5) is 5.69 Å². The highest BCUT2D eigenvalue weighted by Gasteiger charge is 2.33. The molecule has 2 aliphatic rings. The highest BCUT2D eigenvalue weighted by atomic mass is 35.5. The summed E-state index contributed by atoms with van der Waals surface area (Å²) >= 11 is 7.05. The van der Waals surface area contributed by atoms with Crippen LogP contribution < -0.4 is 10.2 Å². The average Bonchev–Trinajstić information content (AvgIpc) is 3.49. The highest BCUT2D eigenvalue weighted by molar-refractivity contribution is 7.91. The van der Waals surface area contributed by atoms with Crippen LogP contribution in [0.25, 0.3) is 0 Å². The summed E-state index contributed by atoms with van der Waals surface area (Å²) in [6.45, 7) is 4.48. The Kier molecular flexibility index (Phi) is 8.57. The summed E-state index contributed by atoms with van der Waals surface area (Å²) in [6.07, 6.45) is 1.17. The molecule has 2 saturated heterocycles. The molecule has 1 N–H and O–H groups in total. The van der Waals surface area contributed by atoms with Crippen LogP contribution in [0.1, 0.15) is 28.1 Å². The van der Waals surface area contributed by atoms with Gasteiger partial charge in [0.05, 0.1) is 25.8 Å². The normalized spacial score (nSPS) is 17.8. The average molecular weight is 567 g/mol. The van der Waals surface area contributed by atoms with Gasteiger partial charge in [0.1, 0.15) is 0 Å². The number of halogens is 1. The van der Waals surface area contributed by atoms with Gasteiger partial charge in [-0.05, 0) is 50.2 Å². The number of amides is 3. The molecule has 37 heavy (non-hydrogen) atoms. The molecule has 0 spiro atoms. The SMILES string of the molecule is Cc1c(N2CCCC2=O)cccc1S(=O)(=O)C[C@@H](CNC(=O)c1ccc(Cl)s1)C(=O)N1CCN(C)CC1. The van der Waals surface area contributed by atoms with Crippen LogP contribution in [0.2, 0.25) is 4.34 Å². The summed E-state index contributed by atoms with van der Waals surface area (Å²) in [5.41, 5.74) is 1.06. The number of benzene rings is 1. The van der Waals surface area contributed by atoms with E-state index in [4.69, 9.17) is 11.6 Å². The zero-order valence-corrected chi connectivity index (χ0v) is 23.3. The molecule has 4 rings (SSSR count). The van der Waals surface area contributed by atoms with Gasteiger partial charge in [-0.1, -0.05) is 17.7 Å². The molecule has 9 nitrogen and oxygen atoms in total. The fraction of sp³-hybridized carbons (Fsp3) is 0.480. The van der Waals surface area contributed by atoms with Crippen molar-refractivity contribution < 1.29 is 22.8 Å². The van der Waals surface area contributed by atoms with Gasteiger partial charge in [-0.25, -0.2) is 8.42 Å². The molecule has 12 heteroatoms. The van der Waals surface area contributed by atoms with E-state index in [0.29, 0.717) is 59.6 Å². The quantitative estimate of drug-likeness (QED) is 0.526. The van der Waals surface area contributed by atoms with Gasteiger partial charge in [0.15, 0.2) is 9.84 Å². The van der Waals surface area contributed by atoms with Gasteiger partial charge in [-0.15, -0.1) is 11.3 Å². The van der Waals surface area contributed by atoms with Crippen molar-refractivity contribution in [3.63, 3.8) is 0 Å². The lowest BCUT2D eigenvalue weighted by Crippen LogP contribution is -2.51. The first-order chi connectivity index (χ1) is 17.6. The topological polar surface area (TPSA) is 107 Å². The number of likely N-dealkylation sites (N-methyl/N-ethyl adjacent to an activating group) is 1. The van der Waals surface area contributed by atoms with E-state index in [-0.39, 0.29) is 23.3 Å². The number of sulfone groups is 1. The number of carbonyl (C=O) groups is 3. The number of piperazine rings is 1. The zero-order chi connectivity index (χ0) is 26.7. The zero-order valence-electron chi connectivity index (χ0n) is 20.9. The Morgan fingerprint density at radius 1 is 1.11 bits per heavy atom. The van der Waals surface area contributed by atoms with Gasteiger partial charge in [-0.2, -0.15) is 0 Å². The summed E-state index contributed by atoms with van der Waals surface area (Å²) in [5, 5.41) is 2.73. The Labute approximate surface area is 226 Å². The molecule has 2 aliphatic heterocycles. The van der Waals surface area contributed by atoms with Gasteiger partial charge in [0.2, 0.25) is 11.8 Å². The van der Waals surface area contributed by atoms with Crippen LogP contribution in [0.3, 0.4) is 0 Å². The van der Waals surface area contributed by atoms with Crippen LogP contribution in [0, 0.1) is 12.8 Å². The molecule has 1 aromatic heterocycles. The Balaban J connectivity index is 1.57. The predicted octanol–water partition coefficient (Wildman–Crippen LogP) is 2.43. The molecule has 3 heterocycles. The summed E-state index contributed by atoms with van der Waals surface area (Å²) in [7, 11) is -1.96. The third-order valence-electron chi connectivity index (χ3n) is 6.85. The molecule has 2 aromatic rings. The van der Waals surface area contributed by atoms with Crippen LogP contribution in [-0.2, 0) is 19.4 Å². The van der Waals surface area contributed by atoms with Crippen molar-refractivity contribution in [1.82, 2.24) is 15.1 Å². The number of hydrogen-bond donors (Lipinski definition) is 1. The molecular weight excluding hydrogens is 536 g/mol. The molecule has 1 aromatic carbocycles. The molecule has 1 atom stereocenters. The second-order valence-corrected chi connectivity index (χ2v) is 13.2. The molecule has 0 unspecified atom stereocenters. The molecule has 0 bridgehead atoms. The monoisotopic (exact) mass is 566 g/mol. The molecule has 3 amide bonds.